The predicted molar refractivity (Wildman–Crippen MR) is 78.4 cm³/mol. The van der Waals surface area contributed by atoms with Crippen molar-refractivity contribution < 1.29 is 4.74 Å². The Morgan fingerprint density at radius 3 is 2.78 bits per heavy atom. The summed E-state index contributed by atoms with van der Waals surface area (Å²) < 4.78 is 5.84. The molecule has 3 heteroatoms. The van der Waals surface area contributed by atoms with Gasteiger partial charge in [-0.1, -0.05) is 44.5 Å². The highest BCUT2D eigenvalue weighted by Gasteiger charge is 2.08. The van der Waals surface area contributed by atoms with Gasteiger partial charge in [-0.05, 0) is 31.4 Å². The first-order valence-corrected chi connectivity index (χ1v) is 7.13. The molecule has 0 aliphatic heterocycles. The van der Waals surface area contributed by atoms with Gasteiger partial charge in [-0.3, -0.25) is 0 Å². The first kappa shape index (κ1) is 15.3. The number of hydrogen-bond acceptors (Lipinski definition) is 2. The maximum Gasteiger partial charge on any atom is 0.142 e. The van der Waals surface area contributed by atoms with E-state index in [0.29, 0.717) is 5.02 Å². The number of halogens is 1. The summed E-state index contributed by atoms with van der Waals surface area (Å²) in [5, 5.41) is 4.01. The van der Waals surface area contributed by atoms with Crippen LogP contribution in [0.3, 0.4) is 0 Å². The van der Waals surface area contributed by atoms with Crippen LogP contribution in [0, 0.1) is 5.92 Å². The summed E-state index contributed by atoms with van der Waals surface area (Å²) in [6, 6.07) is 5.91. The number of para-hydroxylation sites is 1. The van der Waals surface area contributed by atoms with Crippen LogP contribution in [0.25, 0.3) is 0 Å². The van der Waals surface area contributed by atoms with Gasteiger partial charge in [-0.2, -0.15) is 0 Å². The topological polar surface area (TPSA) is 21.3 Å². The smallest absolute Gasteiger partial charge is 0.142 e. The molecule has 0 heterocycles. The van der Waals surface area contributed by atoms with Gasteiger partial charge in [0, 0.05) is 12.1 Å². The van der Waals surface area contributed by atoms with E-state index in [1.165, 1.54) is 6.42 Å². The van der Waals surface area contributed by atoms with E-state index in [4.69, 9.17) is 16.3 Å². The maximum absolute atomic E-state index is 6.20. The third kappa shape index (κ3) is 5.28. The zero-order valence-corrected chi connectivity index (χ0v) is 12.4. The molecule has 0 radical (unpaired) electrons. The molecule has 0 unspecified atom stereocenters. The number of ether oxygens (including phenoxy) is 1. The highest BCUT2D eigenvalue weighted by atomic mass is 35.5. The lowest BCUT2D eigenvalue weighted by molar-refractivity contribution is 0.294. The van der Waals surface area contributed by atoms with Crippen LogP contribution in [0.4, 0.5) is 0 Å². The quantitative estimate of drug-likeness (QED) is 0.712. The Morgan fingerprint density at radius 1 is 1.33 bits per heavy atom. The Kier molecular flexibility index (Phi) is 7.14. The number of nitrogens with one attached hydrogen (secondary N) is 1. The molecular formula is C15H24ClNO. The molecule has 0 aliphatic carbocycles. The lowest BCUT2D eigenvalue weighted by Crippen LogP contribution is -2.13. The highest BCUT2D eigenvalue weighted by molar-refractivity contribution is 6.32. The van der Waals surface area contributed by atoms with Crippen molar-refractivity contribution in [1.29, 1.82) is 0 Å². The number of hydrogen-bond donors (Lipinski definition) is 1. The van der Waals surface area contributed by atoms with Crippen molar-refractivity contribution in [1.82, 2.24) is 5.32 Å². The molecule has 102 valence electrons. The van der Waals surface area contributed by atoms with Gasteiger partial charge in [0.25, 0.3) is 0 Å². The Morgan fingerprint density at radius 2 is 2.11 bits per heavy atom. The van der Waals surface area contributed by atoms with E-state index in [1.807, 2.05) is 12.1 Å². The minimum absolute atomic E-state index is 0.704. The third-order valence-corrected chi connectivity index (χ3v) is 3.08. The van der Waals surface area contributed by atoms with Crippen LogP contribution in [-0.4, -0.2) is 13.2 Å². The van der Waals surface area contributed by atoms with E-state index in [1.54, 1.807) is 0 Å². The van der Waals surface area contributed by atoms with Crippen LogP contribution in [0.5, 0.6) is 5.75 Å². The first-order chi connectivity index (χ1) is 8.65. The van der Waals surface area contributed by atoms with Gasteiger partial charge in [0.05, 0.1) is 11.6 Å². The molecule has 0 amide bonds. The molecule has 0 atom stereocenters. The average Bonchev–Trinajstić information content (AvgIpc) is 2.33. The van der Waals surface area contributed by atoms with Crippen molar-refractivity contribution in [2.45, 2.75) is 40.2 Å². The molecule has 0 fully saturated rings. The first-order valence-electron chi connectivity index (χ1n) is 6.76. The van der Waals surface area contributed by atoms with Crippen molar-refractivity contribution in [2.75, 3.05) is 13.2 Å². The lowest BCUT2D eigenvalue weighted by atomic mass is 10.1. The van der Waals surface area contributed by atoms with Crippen molar-refractivity contribution >= 4 is 11.6 Å². The number of rotatable bonds is 8. The fourth-order valence-corrected chi connectivity index (χ4v) is 2.03. The van der Waals surface area contributed by atoms with E-state index in [9.17, 15) is 0 Å². The normalized spacial score (nSPS) is 10.9. The second kappa shape index (κ2) is 8.39. The summed E-state index contributed by atoms with van der Waals surface area (Å²) in [7, 11) is 0. The van der Waals surface area contributed by atoms with E-state index >= 15 is 0 Å². The molecule has 1 N–H and O–H groups in total. The van der Waals surface area contributed by atoms with Gasteiger partial charge < -0.3 is 10.1 Å². The van der Waals surface area contributed by atoms with Gasteiger partial charge >= 0.3 is 0 Å². The molecule has 1 aromatic rings. The summed E-state index contributed by atoms with van der Waals surface area (Å²) in [5.74, 6) is 1.56. The van der Waals surface area contributed by atoms with Gasteiger partial charge in [0.2, 0.25) is 0 Å². The largest absolute Gasteiger partial charge is 0.492 e. The molecule has 0 saturated heterocycles. The van der Waals surface area contributed by atoms with Gasteiger partial charge in [0.15, 0.2) is 0 Å². The van der Waals surface area contributed by atoms with Crippen molar-refractivity contribution in [3.05, 3.63) is 28.8 Å². The van der Waals surface area contributed by atoms with Gasteiger partial charge in [0.1, 0.15) is 5.75 Å². The van der Waals surface area contributed by atoms with Crippen LogP contribution < -0.4 is 10.1 Å². The van der Waals surface area contributed by atoms with Crippen molar-refractivity contribution in [2.24, 2.45) is 5.92 Å². The van der Waals surface area contributed by atoms with E-state index in [-0.39, 0.29) is 0 Å². The molecule has 1 aromatic carbocycles. The van der Waals surface area contributed by atoms with Crippen molar-refractivity contribution in [3.8, 4) is 5.75 Å². The monoisotopic (exact) mass is 269 g/mol. The van der Waals surface area contributed by atoms with Gasteiger partial charge in [-0.15, -0.1) is 0 Å². The number of benzene rings is 1. The summed E-state index contributed by atoms with van der Waals surface area (Å²) in [6.45, 7) is 9.03. The zero-order valence-electron chi connectivity index (χ0n) is 11.6. The highest BCUT2D eigenvalue weighted by Crippen LogP contribution is 2.28. The lowest BCUT2D eigenvalue weighted by Gasteiger charge is -2.14. The summed E-state index contributed by atoms with van der Waals surface area (Å²) in [5.41, 5.74) is 1.13. The third-order valence-electron chi connectivity index (χ3n) is 2.79. The molecule has 1 rings (SSSR count). The second-order valence-corrected chi connectivity index (χ2v) is 5.30. The van der Waals surface area contributed by atoms with Crippen molar-refractivity contribution in [3.63, 3.8) is 0 Å². The predicted octanol–water partition coefficient (Wildman–Crippen LogP) is 4.26. The van der Waals surface area contributed by atoms with Crippen LogP contribution in [0.15, 0.2) is 18.2 Å². The minimum Gasteiger partial charge on any atom is -0.492 e. The molecular weight excluding hydrogens is 246 g/mol. The SMILES string of the molecule is CCNCc1cccc(Cl)c1OCCCC(C)C. The Labute approximate surface area is 116 Å². The molecule has 2 nitrogen and oxygen atoms in total. The fourth-order valence-electron chi connectivity index (χ4n) is 1.78. The van der Waals surface area contributed by atoms with Gasteiger partial charge in [-0.25, -0.2) is 0 Å². The summed E-state index contributed by atoms with van der Waals surface area (Å²) in [4.78, 5) is 0. The average molecular weight is 270 g/mol. The Bertz CT molecular complexity index is 352. The summed E-state index contributed by atoms with van der Waals surface area (Å²) >= 11 is 6.20. The molecule has 0 aromatic heterocycles. The molecule has 0 spiro atoms. The van der Waals surface area contributed by atoms with Crippen LogP contribution in [-0.2, 0) is 6.54 Å². The van der Waals surface area contributed by atoms with Crippen LogP contribution in [0.2, 0.25) is 5.02 Å². The van der Waals surface area contributed by atoms with E-state index in [2.05, 4.69) is 32.2 Å². The van der Waals surface area contributed by atoms with E-state index < -0.39 is 0 Å². The minimum atomic E-state index is 0.704. The Balaban J connectivity index is 2.56. The summed E-state index contributed by atoms with van der Waals surface area (Å²) in [6.07, 6.45) is 2.26. The molecule has 0 saturated carbocycles. The molecule has 0 aliphatic rings. The standard InChI is InChI=1S/C15H24ClNO/c1-4-17-11-13-8-5-9-14(16)15(13)18-10-6-7-12(2)3/h5,8-9,12,17H,4,6-7,10-11H2,1-3H3. The van der Waals surface area contributed by atoms with E-state index in [0.717, 1.165) is 43.3 Å². The second-order valence-electron chi connectivity index (χ2n) is 4.89. The van der Waals surface area contributed by atoms with Crippen LogP contribution in [0.1, 0.15) is 39.2 Å². The molecule has 18 heavy (non-hydrogen) atoms. The Hall–Kier alpha value is -0.730. The van der Waals surface area contributed by atoms with Crippen LogP contribution >= 0.6 is 11.6 Å². The molecule has 0 bridgehead atoms. The fraction of sp³-hybridized carbons (Fsp3) is 0.600. The maximum atomic E-state index is 6.20. The zero-order chi connectivity index (χ0) is 13.4.